The van der Waals surface area contributed by atoms with Gasteiger partial charge in [0.05, 0.1) is 11.9 Å². The number of sulfonamides is 1. The van der Waals surface area contributed by atoms with Crippen LogP contribution < -0.4 is 4.72 Å². The standard InChI is InChI=1S/C13H21N5O3S/c1-4-7-17-9-12(11(2)16-17)8-15-22(19,20)13-5-6-14-18(13)10-21-3/h5-6,9,15H,4,7-8,10H2,1-3H3. The fourth-order valence-electron chi connectivity index (χ4n) is 2.09. The fourth-order valence-corrected chi connectivity index (χ4v) is 3.20. The van der Waals surface area contributed by atoms with Crippen LogP contribution in [0.15, 0.2) is 23.5 Å². The van der Waals surface area contributed by atoms with Crippen molar-refractivity contribution in [3.05, 3.63) is 29.7 Å². The molecule has 1 N–H and O–H groups in total. The van der Waals surface area contributed by atoms with Crippen molar-refractivity contribution in [2.24, 2.45) is 0 Å². The molecule has 0 saturated carbocycles. The van der Waals surface area contributed by atoms with Gasteiger partial charge in [0.15, 0.2) is 5.03 Å². The molecule has 22 heavy (non-hydrogen) atoms. The van der Waals surface area contributed by atoms with E-state index < -0.39 is 10.0 Å². The van der Waals surface area contributed by atoms with E-state index in [9.17, 15) is 8.42 Å². The smallest absolute Gasteiger partial charge is 0.258 e. The topological polar surface area (TPSA) is 91.0 Å². The molecule has 9 heteroatoms. The van der Waals surface area contributed by atoms with Crippen LogP contribution in [-0.2, 0) is 34.6 Å². The van der Waals surface area contributed by atoms with Gasteiger partial charge in [-0.25, -0.2) is 17.8 Å². The molecule has 0 fully saturated rings. The van der Waals surface area contributed by atoms with Gasteiger partial charge in [-0.1, -0.05) is 6.92 Å². The molecule has 0 spiro atoms. The molecule has 0 aromatic carbocycles. The van der Waals surface area contributed by atoms with Gasteiger partial charge in [-0.2, -0.15) is 10.2 Å². The maximum absolute atomic E-state index is 12.4. The van der Waals surface area contributed by atoms with Crippen molar-refractivity contribution in [2.45, 2.75) is 45.1 Å². The lowest BCUT2D eigenvalue weighted by atomic mass is 10.3. The van der Waals surface area contributed by atoms with Crippen LogP contribution in [0, 0.1) is 6.92 Å². The number of hydrogen-bond acceptors (Lipinski definition) is 5. The minimum Gasteiger partial charge on any atom is -0.362 e. The largest absolute Gasteiger partial charge is 0.362 e. The summed E-state index contributed by atoms with van der Waals surface area (Å²) in [6.45, 7) is 5.02. The maximum Gasteiger partial charge on any atom is 0.258 e. The van der Waals surface area contributed by atoms with Crippen molar-refractivity contribution >= 4 is 10.0 Å². The monoisotopic (exact) mass is 327 g/mol. The van der Waals surface area contributed by atoms with Gasteiger partial charge in [-0.3, -0.25) is 4.68 Å². The first-order chi connectivity index (χ1) is 10.5. The average molecular weight is 327 g/mol. The number of methoxy groups -OCH3 is 1. The second kappa shape index (κ2) is 7.03. The Kier molecular flexibility index (Phi) is 5.33. The Morgan fingerprint density at radius 2 is 2.18 bits per heavy atom. The van der Waals surface area contributed by atoms with Gasteiger partial charge in [0.2, 0.25) is 0 Å². The summed E-state index contributed by atoms with van der Waals surface area (Å²) in [5.41, 5.74) is 1.68. The lowest BCUT2D eigenvalue weighted by molar-refractivity contribution is 0.112. The first kappa shape index (κ1) is 16.7. The van der Waals surface area contributed by atoms with Crippen molar-refractivity contribution < 1.29 is 13.2 Å². The Hall–Kier alpha value is -1.71. The highest BCUT2D eigenvalue weighted by Gasteiger charge is 2.20. The summed E-state index contributed by atoms with van der Waals surface area (Å²) in [5.74, 6) is 0. The third kappa shape index (κ3) is 3.73. The second-order valence-electron chi connectivity index (χ2n) is 4.91. The van der Waals surface area contributed by atoms with E-state index in [4.69, 9.17) is 4.74 Å². The molecule has 0 aliphatic carbocycles. The van der Waals surface area contributed by atoms with Crippen molar-refractivity contribution in [2.75, 3.05) is 7.11 Å². The van der Waals surface area contributed by atoms with E-state index >= 15 is 0 Å². The van der Waals surface area contributed by atoms with Crippen LogP contribution in [0.4, 0.5) is 0 Å². The molecule has 0 bridgehead atoms. The summed E-state index contributed by atoms with van der Waals surface area (Å²) in [6.07, 6.45) is 4.27. The predicted molar refractivity (Wildman–Crippen MR) is 80.5 cm³/mol. The highest BCUT2D eigenvalue weighted by Crippen LogP contribution is 2.11. The summed E-state index contributed by atoms with van der Waals surface area (Å²) in [4.78, 5) is 0. The number of aryl methyl sites for hydroxylation is 2. The second-order valence-corrected chi connectivity index (χ2v) is 6.63. The Balaban J connectivity index is 2.11. The number of hydrogen-bond donors (Lipinski definition) is 1. The Morgan fingerprint density at radius 1 is 1.41 bits per heavy atom. The van der Waals surface area contributed by atoms with Crippen LogP contribution in [0.2, 0.25) is 0 Å². The van der Waals surface area contributed by atoms with Crippen molar-refractivity contribution in [3.8, 4) is 0 Å². The first-order valence-electron chi connectivity index (χ1n) is 7.01. The molecule has 122 valence electrons. The predicted octanol–water partition coefficient (Wildman–Crippen LogP) is 0.880. The highest BCUT2D eigenvalue weighted by molar-refractivity contribution is 7.89. The third-order valence-electron chi connectivity index (χ3n) is 3.16. The molecule has 2 rings (SSSR count). The summed E-state index contributed by atoms with van der Waals surface area (Å²) in [7, 11) is -2.17. The maximum atomic E-state index is 12.4. The van der Waals surface area contributed by atoms with Gasteiger partial charge >= 0.3 is 0 Å². The molecular weight excluding hydrogens is 306 g/mol. The van der Waals surface area contributed by atoms with Gasteiger partial charge in [0.1, 0.15) is 6.73 Å². The normalized spacial score (nSPS) is 12.0. The van der Waals surface area contributed by atoms with E-state index in [1.807, 2.05) is 17.8 Å². The molecule has 0 atom stereocenters. The molecule has 0 saturated heterocycles. The average Bonchev–Trinajstić information content (AvgIpc) is 3.05. The van der Waals surface area contributed by atoms with E-state index in [0.717, 1.165) is 24.2 Å². The van der Waals surface area contributed by atoms with Crippen LogP contribution >= 0.6 is 0 Å². The van der Waals surface area contributed by atoms with E-state index in [1.54, 1.807) is 0 Å². The first-order valence-corrected chi connectivity index (χ1v) is 8.49. The van der Waals surface area contributed by atoms with Gasteiger partial charge in [0, 0.05) is 32.0 Å². The molecule has 0 amide bonds. The zero-order chi connectivity index (χ0) is 16.2. The number of ether oxygens (including phenoxy) is 1. The van der Waals surface area contributed by atoms with Crippen LogP contribution in [0.3, 0.4) is 0 Å². The van der Waals surface area contributed by atoms with E-state index in [-0.39, 0.29) is 18.3 Å². The summed E-state index contributed by atoms with van der Waals surface area (Å²) in [5, 5.41) is 8.36. The van der Waals surface area contributed by atoms with Crippen LogP contribution in [-0.4, -0.2) is 35.1 Å². The lowest BCUT2D eigenvalue weighted by Crippen LogP contribution is -2.26. The van der Waals surface area contributed by atoms with Crippen molar-refractivity contribution in [1.82, 2.24) is 24.3 Å². The van der Waals surface area contributed by atoms with Crippen molar-refractivity contribution in [1.29, 1.82) is 0 Å². The summed E-state index contributed by atoms with van der Waals surface area (Å²) in [6, 6.07) is 1.44. The molecule has 0 radical (unpaired) electrons. The minimum atomic E-state index is -3.65. The molecule has 2 aromatic rings. The quantitative estimate of drug-likeness (QED) is 0.777. The molecule has 0 unspecified atom stereocenters. The molecule has 8 nitrogen and oxygen atoms in total. The molecule has 0 aliphatic heterocycles. The summed E-state index contributed by atoms with van der Waals surface area (Å²) >= 11 is 0. The number of rotatable bonds is 8. The van der Waals surface area contributed by atoms with Crippen LogP contribution in [0.5, 0.6) is 0 Å². The highest BCUT2D eigenvalue weighted by atomic mass is 32.2. The van der Waals surface area contributed by atoms with Gasteiger partial charge in [-0.15, -0.1) is 0 Å². The lowest BCUT2D eigenvalue weighted by Gasteiger charge is -2.08. The number of aromatic nitrogens is 4. The molecular formula is C13H21N5O3S. The number of nitrogens with zero attached hydrogens (tertiary/aromatic N) is 4. The zero-order valence-electron chi connectivity index (χ0n) is 13.0. The van der Waals surface area contributed by atoms with E-state index in [0.29, 0.717) is 0 Å². The minimum absolute atomic E-state index is 0.0768. The Labute approximate surface area is 130 Å². The van der Waals surface area contributed by atoms with E-state index in [1.165, 1.54) is 24.1 Å². The molecule has 0 aliphatic rings. The SMILES string of the molecule is CCCn1cc(CNS(=O)(=O)c2ccnn2COC)c(C)n1. The van der Waals surface area contributed by atoms with Crippen LogP contribution in [0.1, 0.15) is 24.6 Å². The number of nitrogens with one attached hydrogen (secondary N) is 1. The van der Waals surface area contributed by atoms with E-state index in [2.05, 4.69) is 21.8 Å². The van der Waals surface area contributed by atoms with Crippen molar-refractivity contribution in [3.63, 3.8) is 0 Å². The van der Waals surface area contributed by atoms with Gasteiger partial charge in [-0.05, 0) is 19.4 Å². The molecule has 2 heterocycles. The third-order valence-corrected chi connectivity index (χ3v) is 4.58. The van der Waals surface area contributed by atoms with Crippen LogP contribution in [0.25, 0.3) is 0 Å². The Morgan fingerprint density at radius 3 is 2.86 bits per heavy atom. The van der Waals surface area contributed by atoms with Gasteiger partial charge in [0.25, 0.3) is 10.0 Å². The zero-order valence-corrected chi connectivity index (χ0v) is 13.8. The summed E-state index contributed by atoms with van der Waals surface area (Å²) < 4.78 is 35.3. The van der Waals surface area contributed by atoms with Gasteiger partial charge < -0.3 is 4.74 Å². The fraction of sp³-hybridized carbons (Fsp3) is 0.538. The molecule has 2 aromatic heterocycles. The Bertz CT molecular complexity index is 720.